The average Bonchev–Trinajstić information content (AvgIpc) is 2.15. The van der Waals surface area contributed by atoms with Crippen LogP contribution in [0.5, 0.6) is 0 Å². The van der Waals surface area contributed by atoms with Crippen LogP contribution in [0.25, 0.3) is 0 Å². The third kappa shape index (κ3) is 3.13. The van der Waals surface area contributed by atoms with Gasteiger partial charge in [-0.2, -0.15) is 25.3 Å². The summed E-state index contributed by atoms with van der Waals surface area (Å²) in [5, 5.41) is 0. The van der Waals surface area contributed by atoms with Crippen LogP contribution in [0.4, 0.5) is 0 Å². The smallest absolute Gasteiger partial charge is 0.0137 e. The maximum absolute atomic E-state index is 4.85. The second-order valence-electron chi connectivity index (χ2n) is 6.22. The first-order valence-corrected chi connectivity index (χ1v) is 8.06. The fourth-order valence-corrected chi connectivity index (χ4v) is 5.31. The molecule has 4 rings (SSSR count). The molecule has 0 spiro atoms. The summed E-state index contributed by atoms with van der Waals surface area (Å²) in [7, 11) is 0. The van der Waals surface area contributed by atoms with Crippen molar-refractivity contribution in [2.24, 2.45) is 17.8 Å². The zero-order valence-corrected chi connectivity index (χ0v) is 12.3. The molecule has 0 N–H and O–H groups in total. The number of hydrogen-bond donors (Lipinski definition) is 2. The van der Waals surface area contributed by atoms with Gasteiger partial charge >= 0.3 is 0 Å². The van der Waals surface area contributed by atoms with Crippen molar-refractivity contribution in [1.29, 1.82) is 0 Å². The molecule has 0 unspecified atom stereocenters. The first-order chi connectivity index (χ1) is 7.65. The minimum atomic E-state index is 0.495. The van der Waals surface area contributed by atoms with Crippen molar-refractivity contribution >= 4 is 25.3 Å². The zero-order chi connectivity index (χ0) is 11.6. The molecule has 0 aromatic rings. The maximum atomic E-state index is 4.85. The Balaban J connectivity index is 0.000000168. The molecule has 0 atom stereocenters. The van der Waals surface area contributed by atoms with Gasteiger partial charge in [0.15, 0.2) is 0 Å². The highest BCUT2D eigenvalue weighted by Crippen LogP contribution is 2.57. The Morgan fingerprint density at radius 1 is 1.00 bits per heavy atom. The van der Waals surface area contributed by atoms with Crippen molar-refractivity contribution in [3.8, 4) is 0 Å². The highest BCUT2D eigenvalue weighted by atomic mass is 32.1. The van der Waals surface area contributed by atoms with E-state index in [-0.39, 0.29) is 0 Å². The Kier molecular flexibility index (Phi) is 4.57. The predicted octanol–water partition coefficient (Wildman–Crippen LogP) is 4.60. The van der Waals surface area contributed by atoms with Gasteiger partial charge in [-0.05, 0) is 68.5 Å². The Bertz CT molecular complexity index is 187. The molecule has 4 saturated carbocycles. The lowest BCUT2D eigenvalue weighted by molar-refractivity contribution is 0.0392. The summed E-state index contributed by atoms with van der Waals surface area (Å²) in [5.74, 6) is 4.24. The molecule has 0 heterocycles. The van der Waals surface area contributed by atoms with E-state index < -0.39 is 0 Å². The number of rotatable bonds is 2. The van der Waals surface area contributed by atoms with Gasteiger partial charge in [0.05, 0.1) is 0 Å². The molecule has 0 amide bonds. The summed E-state index contributed by atoms with van der Waals surface area (Å²) in [5.41, 5.74) is 0. The van der Waals surface area contributed by atoms with Crippen molar-refractivity contribution in [1.82, 2.24) is 0 Å². The molecule has 0 saturated heterocycles. The quantitative estimate of drug-likeness (QED) is 0.664. The first kappa shape index (κ1) is 13.1. The van der Waals surface area contributed by atoms with Crippen LogP contribution in [0.1, 0.15) is 58.3 Å². The summed E-state index contributed by atoms with van der Waals surface area (Å²) in [6.07, 6.45) is 11.4. The molecule has 2 heteroatoms. The summed E-state index contributed by atoms with van der Waals surface area (Å²) in [4.78, 5) is 0. The Morgan fingerprint density at radius 3 is 1.62 bits per heavy atom. The van der Waals surface area contributed by atoms with E-state index in [0.717, 1.165) is 23.5 Å². The summed E-state index contributed by atoms with van der Waals surface area (Å²) >= 11 is 8.85. The highest BCUT2D eigenvalue weighted by Gasteiger charge is 2.48. The van der Waals surface area contributed by atoms with Gasteiger partial charge in [-0.1, -0.05) is 13.3 Å². The van der Waals surface area contributed by atoms with Crippen LogP contribution < -0.4 is 0 Å². The summed E-state index contributed by atoms with van der Waals surface area (Å²) < 4.78 is 0.495. The Morgan fingerprint density at radius 2 is 1.44 bits per heavy atom. The van der Waals surface area contributed by atoms with Crippen LogP contribution in [0.3, 0.4) is 0 Å². The van der Waals surface area contributed by atoms with Crippen molar-refractivity contribution in [2.75, 3.05) is 5.75 Å². The van der Waals surface area contributed by atoms with Gasteiger partial charge < -0.3 is 0 Å². The van der Waals surface area contributed by atoms with Gasteiger partial charge in [-0.15, -0.1) is 0 Å². The van der Waals surface area contributed by atoms with Gasteiger partial charge in [0.25, 0.3) is 0 Å². The van der Waals surface area contributed by atoms with E-state index >= 15 is 0 Å². The van der Waals surface area contributed by atoms with Gasteiger partial charge in [-0.25, -0.2) is 0 Å². The number of unbranched alkanes of at least 4 members (excludes halogenated alkanes) is 1. The Labute approximate surface area is 112 Å². The Hall–Kier alpha value is 0.700. The lowest BCUT2D eigenvalue weighted by Gasteiger charge is -2.54. The van der Waals surface area contributed by atoms with Crippen molar-refractivity contribution in [3.05, 3.63) is 0 Å². The van der Waals surface area contributed by atoms with E-state index in [1.807, 2.05) is 0 Å². The molecule has 0 nitrogen and oxygen atoms in total. The molecule has 0 radical (unpaired) electrons. The molecule has 0 aromatic carbocycles. The molecule has 94 valence electrons. The first-order valence-electron chi connectivity index (χ1n) is 6.98. The van der Waals surface area contributed by atoms with Crippen LogP contribution in [-0.4, -0.2) is 10.5 Å². The van der Waals surface area contributed by atoms with E-state index in [4.69, 9.17) is 12.6 Å². The third-order valence-electron chi connectivity index (χ3n) is 4.52. The molecule has 4 bridgehead atoms. The average molecular weight is 258 g/mol. The fourth-order valence-electron chi connectivity index (χ4n) is 4.22. The standard InChI is InChI=1S/C10H16S.C4H10S/c11-10-4-7-1-8(5-10)3-9(2-7)6-10;1-2-3-4-5/h7-9,11H,1-6H2;5H,2-4H2,1H3. The minimum absolute atomic E-state index is 0.495. The molecule has 0 aliphatic heterocycles. The summed E-state index contributed by atoms with van der Waals surface area (Å²) in [6, 6.07) is 0. The zero-order valence-electron chi connectivity index (χ0n) is 10.5. The molecule has 4 aliphatic rings. The SMILES string of the molecule is CCCCS.SC12CC3CC(CC(C3)C1)C2. The van der Waals surface area contributed by atoms with Crippen molar-refractivity contribution in [2.45, 2.75) is 63.0 Å². The third-order valence-corrected chi connectivity index (χ3v) is 5.38. The van der Waals surface area contributed by atoms with E-state index in [0.29, 0.717) is 4.75 Å². The fraction of sp³-hybridized carbons (Fsp3) is 1.00. The molecule has 4 fully saturated rings. The molecule has 4 aliphatic carbocycles. The molecular weight excluding hydrogens is 232 g/mol. The second kappa shape index (κ2) is 5.56. The van der Waals surface area contributed by atoms with E-state index in [1.54, 1.807) is 19.3 Å². The monoisotopic (exact) mass is 258 g/mol. The van der Waals surface area contributed by atoms with Crippen LogP contribution >= 0.6 is 25.3 Å². The maximum Gasteiger partial charge on any atom is 0.0137 e. The van der Waals surface area contributed by atoms with Gasteiger partial charge in [0, 0.05) is 4.75 Å². The highest BCUT2D eigenvalue weighted by molar-refractivity contribution is 7.81. The van der Waals surface area contributed by atoms with E-state index in [2.05, 4.69) is 19.6 Å². The predicted molar refractivity (Wildman–Crippen MR) is 78.7 cm³/mol. The van der Waals surface area contributed by atoms with Crippen molar-refractivity contribution in [3.63, 3.8) is 0 Å². The second-order valence-corrected chi connectivity index (χ2v) is 7.61. The number of thiol groups is 2. The van der Waals surface area contributed by atoms with E-state index in [1.165, 1.54) is 32.1 Å². The molecule has 0 aromatic heterocycles. The number of hydrogen-bond acceptors (Lipinski definition) is 2. The lowest BCUT2D eigenvalue weighted by Crippen LogP contribution is -2.47. The topological polar surface area (TPSA) is 0 Å². The van der Waals surface area contributed by atoms with Crippen LogP contribution in [0.15, 0.2) is 0 Å². The van der Waals surface area contributed by atoms with Crippen molar-refractivity contribution < 1.29 is 0 Å². The minimum Gasteiger partial charge on any atom is -0.179 e. The van der Waals surface area contributed by atoms with Crippen LogP contribution in [-0.2, 0) is 0 Å². The normalized spacial score (nSPS) is 44.1. The summed E-state index contributed by atoms with van der Waals surface area (Å²) in [6.45, 7) is 2.16. The molecular formula is C14H26S2. The largest absolute Gasteiger partial charge is 0.179 e. The van der Waals surface area contributed by atoms with Gasteiger partial charge in [0.2, 0.25) is 0 Å². The van der Waals surface area contributed by atoms with Crippen LogP contribution in [0, 0.1) is 17.8 Å². The van der Waals surface area contributed by atoms with Gasteiger partial charge in [0.1, 0.15) is 0 Å². The van der Waals surface area contributed by atoms with Gasteiger partial charge in [-0.3, -0.25) is 0 Å². The molecule has 16 heavy (non-hydrogen) atoms. The van der Waals surface area contributed by atoms with Crippen LogP contribution in [0.2, 0.25) is 0 Å². The van der Waals surface area contributed by atoms with E-state index in [9.17, 15) is 0 Å². The lowest BCUT2D eigenvalue weighted by atomic mass is 9.56.